The van der Waals surface area contributed by atoms with Gasteiger partial charge in [0.15, 0.2) is 0 Å². The molecule has 1 aromatic heterocycles. The summed E-state index contributed by atoms with van der Waals surface area (Å²) in [6, 6.07) is 0.741. The van der Waals surface area contributed by atoms with Gasteiger partial charge in [0.1, 0.15) is 0 Å². The van der Waals surface area contributed by atoms with Gasteiger partial charge in [-0.2, -0.15) is 13.2 Å². The van der Waals surface area contributed by atoms with Crippen LogP contribution in [-0.4, -0.2) is 10.9 Å². The second-order valence-electron chi connectivity index (χ2n) is 3.67. The summed E-state index contributed by atoms with van der Waals surface area (Å²) in [6.07, 6.45) is -3.81. The van der Waals surface area contributed by atoms with E-state index in [4.69, 9.17) is 5.73 Å². The molecular weight excluding hydrogens is 221 g/mol. The molecule has 0 fully saturated rings. The highest BCUT2D eigenvalue weighted by Gasteiger charge is 2.32. The van der Waals surface area contributed by atoms with Gasteiger partial charge in [0.2, 0.25) is 0 Å². The lowest BCUT2D eigenvalue weighted by Gasteiger charge is -2.12. The van der Waals surface area contributed by atoms with Crippen molar-refractivity contribution in [3.05, 3.63) is 29.1 Å². The zero-order chi connectivity index (χ0) is 12.5. The van der Waals surface area contributed by atoms with Crippen molar-refractivity contribution < 1.29 is 18.0 Å². The summed E-state index contributed by atoms with van der Waals surface area (Å²) in [4.78, 5) is 14.7. The molecule has 0 atom stereocenters. The van der Waals surface area contributed by atoms with E-state index in [1.807, 2.05) is 0 Å². The van der Waals surface area contributed by atoms with E-state index in [1.165, 1.54) is 0 Å². The standard InChI is InChI=1S/C10H11F3N2O/c1-5(2)8-7(9(14)16)3-6(4-15-8)10(11,12)13/h3-5H,1-2H3,(H2,14,16). The number of alkyl halides is 3. The molecule has 0 spiro atoms. The largest absolute Gasteiger partial charge is 0.417 e. The fourth-order valence-electron chi connectivity index (χ4n) is 1.29. The fraction of sp³-hybridized carbons (Fsp3) is 0.400. The van der Waals surface area contributed by atoms with Gasteiger partial charge in [-0.05, 0) is 12.0 Å². The molecule has 1 rings (SSSR count). The number of carbonyl (C=O) groups is 1. The summed E-state index contributed by atoms with van der Waals surface area (Å²) in [5.74, 6) is -1.06. The Hall–Kier alpha value is -1.59. The third-order valence-electron chi connectivity index (χ3n) is 2.06. The van der Waals surface area contributed by atoms with Crippen LogP contribution in [0.3, 0.4) is 0 Å². The minimum atomic E-state index is -4.52. The monoisotopic (exact) mass is 232 g/mol. The highest BCUT2D eigenvalue weighted by molar-refractivity contribution is 5.94. The van der Waals surface area contributed by atoms with E-state index in [9.17, 15) is 18.0 Å². The highest BCUT2D eigenvalue weighted by atomic mass is 19.4. The van der Waals surface area contributed by atoms with Crippen LogP contribution in [-0.2, 0) is 6.18 Å². The summed E-state index contributed by atoms with van der Waals surface area (Å²) in [5.41, 5.74) is 4.15. The molecule has 2 N–H and O–H groups in total. The number of aromatic nitrogens is 1. The number of hydrogen-bond acceptors (Lipinski definition) is 2. The molecule has 0 unspecified atom stereocenters. The highest BCUT2D eigenvalue weighted by Crippen LogP contribution is 2.30. The van der Waals surface area contributed by atoms with Crippen LogP contribution >= 0.6 is 0 Å². The zero-order valence-corrected chi connectivity index (χ0v) is 8.80. The van der Waals surface area contributed by atoms with Gasteiger partial charge < -0.3 is 5.73 Å². The second kappa shape index (κ2) is 4.11. The maximum atomic E-state index is 12.4. The first kappa shape index (κ1) is 12.5. The second-order valence-corrected chi connectivity index (χ2v) is 3.67. The molecule has 0 aromatic carbocycles. The number of nitrogens with two attached hydrogens (primary N) is 1. The van der Waals surface area contributed by atoms with Gasteiger partial charge in [-0.1, -0.05) is 13.8 Å². The summed E-state index contributed by atoms with van der Waals surface area (Å²) in [6.45, 7) is 3.45. The number of hydrogen-bond donors (Lipinski definition) is 1. The molecule has 0 aliphatic rings. The predicted molar refractivity (Wildman–Crippen MR) is 51.8 cm³/mol. The van der Waals surface area contributed by atoms with Crippen LogP contribution < -0.4 is 5.73 Å². The first-order valence-corrected chi connectivity index (χ1v) is 4.60. The van der Waals surface area contributed by atoms with Crippen LogP contribution in [0.5, 0.6) is 0 Å². The van der Waals surface area contributed by atoms with Crippen LogP contribution in [0, 0.1) is 0 Å². The van der Waals surface area contributed by atoms with E-state index < -0.39 is 17.6 Å². The number of amides is 1. The maximum absolute atomic E-state index is 12.4. The molecule has 0 radical (unpaired) electrons. The Morgan fingerprint density at radius 1 is 1.44 bits per heavy atom. The first-order valence-electron chi connectivity index (χ1n) is 4.60. The van der Waals surface area contributed by atoms with Gasteiger partial charge in [-0.25, -0.2) is 0 Å². The Bertz CT molecular complexity index is 413. The van der Waals surface area contributed by atoms with Gasteiger partial charge in [-0.15, -0.1) is 0 Å². The molecule has 0 saturated heterocycles. The molecule has 16 heavy (non-hydrogen) atoms. The van der Waals surface area contributed by atoms with Gasteiger partial charge >= 0.3 is 6.18 Å². The van der Waals surface area contributed by atoms with E-state index in [-0.39, 0.29) is 17.2 Å². The number of primary amides is 1. The Balaban J connectivity index is 3.34. The van der Waals surface area contributed by atoms with Crippen molar-refractivity contribution in [1.82, 2.24) is 4.98 Å². The summed E-state index contributed by atoms with van der Waals surface area (Å²) < 4.78 is 37.1. The molecule has 0 aliphatic carbocycles. The van der Waals surface area contributed by atoms with Crippen LogP contribution in [0.15, 0.2) is 12.3 Å². The van der Waals surface area contributed by atoms with E-state index in [0.29, 0.717) is 6.20 Å². The third kappa shape index (κ3) is 2.50. The Labute approximate surface area is 90.5 Å². The van der Waals surface area contributed by atoms with E-state index in [2.05, 4.69) is 4.98 Å². The summed E-state index contributed by atoms with van der Waals surface area (Å²) in [7, 11) is 0. The van der Waals surface area contributed by atoms with E-state index >= 15 is 0 Å². The zero-order valence-electron chi connectivity index (χ0n) is 8.80. The molecule has 0 aliphatic heterocycles. The molecule has 3 nitrogen and oxygen atoms in total. The average Bonchev–Trinajstić information content (AvgIpc) is 2.15. The number of nitrogens with zero attached hydrogens (tertiary/aromatic N) is 1. The van der Waals surface area contributed by atoms with Crippen molar-refractivity contribution in [2.45, 2.75) is 25.9 Å². The molecule has 0 bridgehead atoms. The SMILES string of the molecule is CC(C)c1ncc(C(F)(F)F)cc1C(N)=O. The van der Waals surface area contributed by atoms with Gasteiger partial charge in [0.05, 0.1) is 16.8 Å². The van der Waals surface area contributed by atoms with Crippen molar-refractivity contribution in [3.8, 4) is 0 Å². The quantitative estimate of drug-likeness (QED) is 0.850. The van der Waals surface area contributed by atoms with Crippen LogP contribution in [0.2, 0.25) is 0 Å². The molecule has 1 amide bonds. The predicted octanol–water partition coefficient (Wildman–Crippen LogP) is 2.32. The number of halogens is 3. The number of pyridine rings is 1. The Morgan fingerprint density at radius 3 is 2.38 bits per heavy atom. The van der Waals surface area contributed by atoms with E-state index in [0.717, 1.165) is 6.07 Å². The van der Waals surface area contributed by atoms with E-state index in [1.54, 1.807) is 13.8 Å². The smallest absolute Gasteiger partial charge is 0.366 e. The van der Waals surface area contributed by atoms with Crippen LogP contribution in [0.1, 0.15) is 41.4 Å². The lowest BCUT2D eigenvalue weighted by Crippen LogP contribution is -2.18. The lowest BCUT2D eigenvalue weighted by atomic mass is 10.0. The summed E-state index contributed by atoms with van der Waals surface area (Å²) in [5, 5.41) is 0. The molecule has 6 heteroatoms. The molecular formula is C10H11F3N2O. The topological polar surface area (TPSA) is 56.0 Å². The first-order chi connectivity index (χ1) is 7.23. The fourth-order valence-corrected chi connectivity index (χ4v) is 1.29. The third-order valence-corrected chi connectivity index (χ3v) is 2.06. The van der Waals surface area contributed by atoms with Crippen LogP contribution in [0.25, 0.3) is 0 Å². The Kier molecular flexibility index (Phi) is 3.21. The van der Waals surface area contributed by atoms with Gasteiger partial charge in [0, 0.05) is 6.20 Å². The Morgan fingerprint density at radius 2 is 2.00 bits per heavy atom. The maximum Gasteiger partial charge on any atom is 0.417 e. The molecule has 0 saturated carbocycles. The minimum Gasteiger partial charge on any atom is -0.366 e. The average molecular weight is 232 g/mol. The minimum absolute atomic E-state index is 0.162. The van der Waals surface area contributed by atoms with Crippen molar-refractivity contribution in [2.24, 2.45) is 5.73 Å². The van der Waals surface area contributed by atoms with Crippen molar-refractivity contribution in [1.29, 1.82) is 0 Å². The molecule has 1 aromatic rings. The molecule has 1 heterocycles. The van der Waals surface area contributed by atoms with Crippen molar-refractivity contribution in [2.75, 3.05) is 0 Å². The number of carbonyl (C=O) groups excluding carboxylic acids is 1. The van der Waals surface area contributed by atoms with Gasteiger partial charge in [-0.3, -0.25) is 9.78 Å². The van der Waals surface area contributed by atoms with Gasteiger partial charge in [0.25, 0.3) is 5.91 Å². The van der Waals surface area contributed by atoms with Crippen LogP contribution in [0.4, 0.5) is 13.2 Å². The number of rotatable bonds is 2. The van der Waals surface area contributed by atoms with Crippen molar-refractivity contribution >= 4 is 5.91 Å². The lowest BCUT2D eigenvalue weighted by molar-refractivity contribution is -0.137. The normalized spacial score (nSPS) is 11.9. The molecule has 88 valence electrons. The summed E-state index contributed by atoms with van der Waals surface area (Å²) >= 11 is 0. The van der Waals surface area contributed by atoms with Crippen molar-refractivity contribution in [3.63, 3.8) is 0 Å².